The molecule has 2 atom stereocenters. The molecule has 0 N–H and O–H groups in total. The van der Waals surface area contributed by atoms with Crippen LogP contribution in [-0.2, 0) is 22.4 Å². The van der Waals surface area contributed by atoms with Crippen LogP contribution in [0.4, 0.5) is 0 Å². The van der Waals surface area contributed by atoms with E-state index in [1.807, 2.05) is 13.8 Å². The number of fused-ring (bicyclic) bond motifs is 1. The van der Waals surface area contributed by atoms with Gasteiger partial charge in [0.1, 0.15) is 5.76 Å². The zero-order valence-corrected chi connectivity index (χ0v) is 10.7. The molecule has 4 nitrogen and oxygen atoms in total. The summed E-state index contributed by atoms with van der Waals surface area (Å²) in [7, 11) is 1.42. The fourth-order valence-corrected chi connectivity index (χ4v) is 2.39. The molecule has 1 aromatic rings. The predicted molar refractivity (Wildman–Crippen MR) is 62.7 cm³/mol. The summed E-state index contributed by atoms with van der Waals surface area (Å²) in [6.45, 7) is 3.88. The number of methoxy groups -OCH3 is 1. The minimum absolute atomic E-state index is 0.0491. The van der Waals surface area contributed by atoms with Gasteiger partial charge in [0.05, 0.1) is 18.7 Å². The van der Waals surface area contributed by atoms with Gasteiger partial charge in [-0.2, -0.15) is 0 Å². The largest absolute Gasteiger partial charge is 0.469 e. The van der Waals surface area contributed by atoms with Gasteiger partial charge in [-0.3, -0.25) is 4.79 Å². The van der Waals surface area contributed by atoms with Crippen LogP contribution in [0.5, 0.6) is 0 Å². The number of hydrogen-bond acceptors (Lipinski definition) is 4. The Kier molecular flexibility index (Phi) is 3.50. The van der Waals surface area contributed by atoms with Crippen molar-refractivity contribution in [2.24, 2.45) is 5.92 Å². The van der Waals surface area contributed by atoms with E-state index in [4.69, 9.17) is 9.26 Å². The highest BCUT2D eigenvalue weighted by molar-refractivity contribution is 5.73. The number of aryl methyl sites for hydroxylation is 1. The molecule has 0 radical (unpaired) electrons. The number of esters is 1. The van der Waals surface area contributed by atoms with Crippen molar-refractivity contribution in [1.82, 2.24) is 5.16 Å². The fraction of sp³-hybridized carbons (Fsp3) is 0.692. The van der Waals surface area contributed by atoms with E-state index in [0.717, 1.165) is 24.3 Å². The highest BCUT2D eigenvalue weighted by atomic mass is 16.5. The molecule has 2 unspecified atom stereocenters. The SMILES string of the molecule is COC(=O)C(C)C(C)c1noc2c1CCCC2. The zero-order chi connectivity index (χ0) is 12.4. The van der Waals surface area contributed by atoms with E-state index in [2.05, 4.69) is 5.16 Å². The topological polar surface area (TPSA) is 52.3 Å². The predicted octanol–water partition coefficient (Wildman–Crippen LogP) is 2.47. The summed E-state index contributed by atoms with van der Waals surface area (Å²) in [6, 6.07) is 0. The molecule has 1 heterocycles. The van der Waals surface area contributed by atoms with Gasteiger partial charge in [-0.1, -0.05) is 19.0 Å². The summed E-state index contributed by atoms with van der Waals surface area (Å²) in [6.07, 6.45) is 4.34. The van der Waals surface area contributed by atoms with Crippen LogP contribution >= 0.6 is 0 Å². The molecule has 1 aromatic heterocycles. The van der Waals surface area contributed by atoms with Crippen LogP contribution in [0.1, 0.15) is 49.6 Å². The summed E-state index contributed by atoms with van der Waals surface area (Å²) in [4.78, 5) is 11.5. The van der Waals surface area contributed by atoms with Crippen molar-refractivity contribution < 1.29 is 14.1 Å². The Labute approximate surface area is 101 Å². The van der Waals surface area contributed by atoms with Crippen LogP contribution in [0.15, 0.2) is 4.52 Å². The van der Waals surface area contributed by atoms with Crippen LogP contribution in [0.25, 0.3) is 0 Å². The van der Waals surface area contributed by atoms with E-state index < -0.39 is 0 Å². The average Bonchev–Trinajstić information content (AvgIpc) is 2.79. The van der Waals surface area contributed by atoms with E-state index in [1.165, 1.54) is 25.5 Å². The first-order valence-corrected chi connectivity index (χ1v) is 6.20. The Morgan fingerprint density at radius 3 is 2.76 bits per heavy atom. The van der Waals surface area contributed by atoms with Crippen molar-refractivity contribution >= 4 is 5.97 Å². The summed E-state index contributed by atoms with van der Waals surface area (Å²) in [5.74, 6) is 0.685. The number of carbonyl (C=O) groups excluding carboxylic acids is 1. The van der Waals surface area contributed by atoms with Gasteiger partial charge in [0.2, 0.25) is 0 Å². The Balaban J connectivity index is 2.22. The highest BCUT2D eigenvalue weighted by Crippen LogP contribution is 2.32. The average molecular weight is 237 g/mol. The third-order valence-electron chi connectivity index (χ3n) is 3.73. The minimum atomic E-state index is -0.190. The van der Waals surface area contributed by atoms with Crippen LogP contribution in [0.2, 0.25) is 0 Å². The Morgan fingerprint density at radius 2 is 2.06 bits per heavy atom. The number of carbonyl (C=O) groups is 1. The molecule has 0 spiro atoms. The molecule has 0 bridgehead atoms. The smallest absolute Gasteiger partial charge is 0.309 e. The lowest BCUT2D eigenvalue weighted by molar-refractivity contribution is -0.145. The van der Waals surface area contributed by atoms with Crippen molar-refractivity contribution in [3.63, 3.8) is 0 Å². The Bertz CT molecular complexity index is 411. The molecule has 4 heteroatoms. The van der Waals surface area contributed by atoms with E-state index in [9.17, 15) is 4.79 Å². The first-order valence-electron chi connectivity index (χ1n) is 6.20. The first-order chi connectivity index (χ1) is 8.15. The number of nitrogens with zero attached hydrogens (tertiary/aromatic N) is 1. The van der Waals surface area contributed by atoms with Crippen LogP contribution in [0.3, 0.4) is 0 Å². The normalized spacial score (nSPS) is 18.3. The summed E-state index contributed by atoms with van der Waals surface area (Å²) < 4.78 is 10.1. The Hall–Kier alpha value is -1.32. The summed E-state index contributed by atoms with van der Waals surface area (Å²) >= 11 is 0. The molecular weight excluding hydrogens is 218 g/mol. The molecule has 1 aliphatic carbocycles. The van der Waals surface area contributed by atoms with Crippen molar-refractivity contribution in [1.29, 1.82) is 0 Å². The van der Waals surface area contributed by atoms with Gasteiger partial charge in [0.25, 0.3) is 0 Å². The summed E-state index contributed by atoms with van der Waals surface area (Å²) in [5.41, 5.74) is 2.16. The first kappa shape index (κ1) is 12.1. The molecule has 0 aliphatic heterocycles. The molecule has 0 aromatic carbocycles. The number of rotatable bonds is 3. The maximum absolute atomic E-state index is 11.5. The second-order valence-electron chi connectivity index (χ2n) is 4.78. The fourth-order valence-electron chi connectivity index (χ4n) is 2.39. The number of hydrogen-bond donors (Lipinski definition) is 0. The van der Waals surface area contributed by atoms with Gasteiger partial charge in [-0.25, -0.2) is 0 Å². The van der Waals surface area contributed by atoms with Crippen molar-refractivity contribution in [3.8, 4) is 0 Å². The zero-order valence-electron chi connectivity index (χ0n) is 10.7. The molecule has 17 heavy (non-hydrogen) atoms. The van der Waals surface area contributed by atoms with Crippen LogP contribution < -0.4 is 0 Å². The number of aromatic nitrogens is 1. The lowest BCUT2D eigenvalue weighted by atomic mass is 9.86. The summed E-state index contributed by atoms with van der Waals surface area (Å²) in [5, 5.41) is 4.15. The van der Waals surface area contributed by atoms with E-state index in [1.54, 1.807) is 0 Å². The molecule has 94 valence electrons. The van der Waals surface area contributed by atoms with Gasteiger partial charge in [-0.15, -0.1) is 0 Å². The quantitative estimate of drug-likeness (QED) is 0.758. The van der Waals surface area contributed by atoms with Crippen molar-refractivity contribution in [2.75, 3.05) is 7.11 Å². The number of ether oxygens (including phenoxy) is 1. The second-order valence-corrected chi connectivity index (χ2v) is 4.78. The van der Waals surface area contributed by atoms with Crippen LogP contribution in [-0.4, -0.2) is 18.2 Å². The van der Waals surface area contributed by atoms with Gasteiger partial charge >= 0.3 is 5.97 Å². The van der Waals surface area contributed by atoms with Gasteiger partial charge in [0, 0.05) is 17.9 Å². The molecule has 1 aliphatic rings. The minimum Gasteiger partial charge on any atom is -0.469 e. The van der Waals surface area contributed by atoms with Gasteiger partial charge in [-0.05, 0) is 19.3 Å². The monoisotopic (exact) mass is 237 g/mol. The molecule has 0 amide bonds. The standard InChI is InChI=1S/C13H19NO3/c1-8(9(2)13(15)16-3)12-10-6-4-5-7-11(10)17-14-12/h8-9H,4-7H2,1-3H3. The maximum atomic E-state index is 11.5. The second kappa shape index (κ2) is 4.90. The van der Waals surface area contributed by atoms with E-state index in [0.29, 0.717) is 0 Å². The molecule has 0 fully saturated rings. The maximum Gasteiger partial charge on any atom is 0.309 e. The third-order valence-corrected chi connectivity index (χ3v) is 3.73. The molecule has 0 saturated heterocycles. The van der Waals surface area contributed by atoms with E-state index in [-0.39, 0.29) is 17.8 Å². The third kappa shape index (κ3) is 2.21. The molecule has 2 rings (SSSR count). The van der Waals surface area contributed by atoms with Gasteiger partial charge in [0.15, 0.2) is 0 Å². The molecular formula is C13H19NO3. The van der Waals surface area contributed by atoms with Crippen molar-refractivity contribution in [2.45, 2.75) is 45.4 Å². The van der Waals surface area contributed by atoms with Crippen molar-refractivity contribution in [3.05, 3.63) is 17.0 Å². The highest BCUT2D eigenvalue weighted by Gasteiger charge is 2.29. The van der Waals surface area contributed by atoms with E-state index >= 15 is 0 Å². The van der Waals surface area contributed by atoms with Crippen LogP contribution in [0, 0.1) is 5.92 Å². The molecule has 0 saturated carbocycles. The Morgan fingerprint density at radius 1 is 1.35 bits per heavy atom. The lowest BCUT2D eigenvalue weighted by Crippen LogP contribution is -2.20. The van der Waals surface area contributed by atoms with Gasteiger partial charge < -0.3 is 9.26 Å². The lowest BCUT2D eigenvalue weighted by Gasteiger charge is -2.17.